The van der Waals surface area contributed by atoms with Gasteiger partial charge in [0.25, 0.3) is 5.91 Å². The number of hydrogen-bond donors (Lipinski definition) is 1. The smallest absolute Gasteiger partial charge is 0.345 e. The van der Waals surface area contributed by atoms with Gasteiger partial charge in [-0.1, -0.05) is 46.4 Å². The van der Waals surface area contributed by atoms with E-state index in [2.05, 4.69) is 10.5 Å². The van der Waals surface area contributed by atoms with Gasteiger partial charge in [0, 0.05) is 10.0 Å². The second-order valence-corrected chi connectivity index (χ2v) is 8.27. The number of hydrogen-bond acceptors (Lipinski definition) is 6. The topological polar surface area (TPSA) is 86.2 Å². The molecule has 176 valence electrons. The first-order valence-corrected chi connectivity index (χ1v) is 11.0. The van der Waals surface area contributed by atoms with Gasteiger partial charge >= 0.3 is 5.97 Å². The molecule has 3 aromatic rings. The number of carbonyl (C=O) groups excluding carboxylic acids is 2. The lowest BCUT2D eigenvalue weighted by Gasteiger charge is -2.11. The van der Waals surface area contributed by atoms with Gasteiger partial charge in [-0.05, 0) is 60.2 Å². The summed E-state index contributed by atoms with van der Waals surface area (Å²) >= 11 is 23.7. The van der Waals surface area contributed by atoms with Crippen LogP contribution in [0.2, 0.25) is 20.1 Å². The highest BCUT2D eigenvalue weighted by Crippen LogP contribution is 2.30. The van der Waals surface area contributed by atoms with Gasteiger partial charge in [-0.2, -0.15) is 5.10 Å². The van der Waals surface area contributed by atoms with E-state index in [1.165, 1.54) is 43.7 Å². The minimum Gasteiger partial charge on any atom is -0.493 e. The molecule has 1 N–H and O–H groups in total. The standard InChI is InChI=1S/C23H16Cl4N2O5/c1-32-21-8-13(2-6-20(21)34-23(31)16-5-3-14(24)9-17(16)26)11-28-29-22(30)12-33-19-7-4-15(25)10-18(19)27/h2-11H,12H2,1H3,(H,29,30). The Morgan fingerprint density at radius 2 is 1.56 bits per heavy atom. The molecule has 0 atom stereocenters. The molecular formula is C23H16Cl4N2O5. The zero-order chi connectivity index (χ0) is 24.7. The molecular weight excluding hydrogens is 526 g/mol. The fourth-order valence-corrected chi connectivity index (χ4v) is 3.55. The Morgan fingerprint density at radius 1 is 0.882 bits per heavy atom. The van der Waals surface area contributed by atoms with Crippen molar-refractivity contribution in [1.29, 1.82) is 0 Å². The van der Waals surface area contributed by atoms with E-state index < -0.39 is 11.9 Å². The van der Waals surface area contributed by atoms with Gasteiger partial charge in [-0.3, -0.25) is 4.79 Å². The van der Waals surface area contributed by atoms with Crippen LogP contribution in [0.4, 0.5) is 0 Å². The van der Waals surface area contributed by atoms with Crippen molar-refractivity contribution in [3.63, 3.8) is 0 Å². The maximum Gasteiger partial charge on any atom is 0.345 e. The molecule has 0 aliphatic heterocycles. The fourth-order valence-electron chi connectivity index (χ4n) is 2.61. The highest BCUT2D eigenvalue weighted by atomic mass is 35.5. The van der Waals surface area contributed by atoms with Gasteiger partial charge in [-0.15, -0.1) is 0 Å². The summed E-state index contributed by atoms with van der Waals surface area (Å²) in [5, 5.41) is 5.18. The van der Waals surface area contributed by atoms with Gasteiger partial charge in [0.05, 0.1) is 28.9 Å². The first-order chi connectivity index (χ1) is 16.3. The first-order valence-electron chi connectivity index (χ1n) is 9.52. The third-order valence-electron chi connectivity index (χ3n) is 4.20. The van der Waals surface area contributed by atoms with Crippen molar-refractivity contribution in [2.45, 2.75) is 0 Å². The second-order valence-electron chi connectivity index (χ2n) is 6.58. The van der Waals surface area contributed by atoms with Crippen LogP contribution in [-0.4, -0.2) is 31.8 Å². The zero-order valence-electron chi connectivity index (χ0n) is 17.5. The van der Waals surface area contributed by atoms with Crippen molar-refractivity contribution >= 4 is 64.5 Å². The number of methoxy groups -OCH3 is 1. The molecule has 3 aromatic carbocycles. The molecule has 0 radical (unpaired) electrons. The van der Waals surface area contributed by atoms with Crippen LogP contribution in [-0.2, 0) is 4.79 Å². The van der Waals surface area contributed by atoms with Crippen molar-refractivity contribution < 1.29 is 23.8 Å². The third-order valence-corrected chi connectivity index (χ3v) is 5.28. The van der Waals surface area contributed by atoms with Crippen LogP contribution in [0.25, 0.3) is 0 Å². The average Bonchev–Trinajstić information content (AvgIpc) is 2.79. The number of rotatable bonds is 8. The number of hydrazone groups is 1. The van der Waals surface area contributed by atoms with Gasteiger partial charge in [0.1, 0.15) is 5.75 Å². The van der Waals surface area contributed by atoms with Crippen LogP contribution < -0.4 is 19.6 Å². The van der Waals surface area contributed by atoms with Crippen molar-refractivity contribution in [2.75, 3.05) is 13.7 Å². The molecule has 0 bridgehead atoms. The predicted molar refractivity (Wildman–Crippen MR) is 132 cm³/mol. The lowest BCUT2D eigenvalue weighted by Crippen LogP contribution is -2.24. The number of halogens is 4. The molecule has 0 fully saturated rings. The average molecular weight is 542 g/mol. The minimum atomic E-state index is -0.672. The molecule has 0 spiro atoms. The van der Waals surface area contributed by atoms with Crippen LogP contribution in [0.15, 0.2) is 59.7 Å². The molecule has 34 heavy (non-hydrogen) atoms. The molecule has 11 heteroatoms. The Balaban J connectivity index is 1.59. The quantitative estimate of drug-likeness (QED) is 0.162. The Labute approximate surface area is 215 Å². The maximum absolute atomic E-state index is 12.4. The molecule has 0 aromatic heterocycles. The predicted octanol–water partition coefficient (Wildman–Crippen LogP) is 6.06. The SMILES string of the molecule is COc1cc(C=NNC(=O)COc2ccc(Cl)cc2Cl)ccc1OC(=O)c1ccc(Cl)cc1Cl. The molecule has 0 aliphatic rings. The van der Waals surface area contributed by atoms with E-state index in [4.69, 9.17) is 60.6 Å². The molecule has 7 nitrogen and oxygen atoms in total. The molecule has 0 aliphatic carbocycles. The van der Waals surface area contributed by atoms with Crippen LogP contribution in [0.3, 0.4) is 0 Å². The number of benzene rings is 3. The molecule has 3 rings (SSSR count). The fraction of sp³-hybridized carbons (Fsp3) is 0.0870. The monoisotopic (exact) mass is 540 g/mol. The van der Waals surface area contributed by atoms with Crippen molar-refractivity contribution in [3.05, 3.63) is 85.8 Å². The van der Waals surface area contributed by atoms with E-state index in [1.54, 1.807) is 24.3 Å². The summed E-state index contributed by atoms with van der Waals surface area (Å²) in [6.45, 7) is -0.301. The molecule has 1 amide bonds. The third kappa shape index (κ3) is 7.01. The second kappa shape index (κ2) is 11.9. The number of ether oxygens (including phenoxy) is 3. The highest BCUT2D eigenvalue weighted by molar-refractivity contribution is 6.36. The highest BCUT2D eigenvalue weighted by Gasteiger charge is 2.16. The summed E-state index contributed by atoms with van der Waals surface area (Å²) in [4.78, 5) is 24.4. The number of amides is 1. The van der Waals surface area contributed by atoms with Gasteiger partial charge in [0.15, 0.2) is 18.1 Å². The van der Waals surface area contributed by atoms with Crippen LogP contribution in [0.1, 0.15) is 15.9 Å². The van der Waals surface area contributed by atoms with Crippen molar-refractivity contribution in [2.24, 2.45) is 5.10 Å². The number of nitrogens with zero attached hydrogens (tertiary/aromatic N) is 1. The van der Waals surface area contributed by atoms with E-state index >= 15 is 0 Å². The summed E-state index contributed by atoms with van der Waals surface area (Å²) in [7, 11) is 1.42. The van der Waals surface area contributed by atoms with E-state index in [-0.39, 0.29) is 33.7 Å². The van der Waals surface area contributed by atoms with E-state index in [1.807, 2.05) is 0 Å². The Kier molecular flexibility index (Phi) is 9.01. The lowest BCUT2D eigenvalue weighted by molar-refractivity contribution is -0.123. The van der Waals surface area contributed by atoms with E-state index in [0.29, 0.717) is 21.4 Å². The molecule has 0 saturated heterocycles. The lowest BCUT2D eigenvalue weighted by atomic mass is 10.2. The molecule has 0 saturated carbocycles. The van der Waals surface area contributed by atoms with Gasteiger partial charge < -0.3 is 14.2 Å². The van der Waals surface area contributed by atoms with Gasteiger partial charge in [0.2, 0.25) is 0 Å². The van der Waals surface area contributed by atoms with Crippen LogP contribution in [0.5, 0.6) is 17.2 Å². The largest absolute Gasteiger partial charge is 0.493 e. The zero-order valence-corrected chi connectivity index (χ0v) is 20.5. The Bertz CT molecular complexity index is 1250. The van der Waals surface area contributed by atoms with Crippen LogP contribution >= 0.6 is 46.4 Å². The number of nitrogens with one attached hydrogen (secondary N) is 1. The van der Waals surface area contributed by atoms with Crippen LogP contribution in [0, 0.1) is 0 Å². The van der Waals surface area contributed by atoms with Crippen molar-refractivity contribution in [1.82, 2.24) is 5.43 Å². The Morgan fingerprint density at radius 3 is 2.24 bits per heavy atom. The number of esters is 1. The summed E-state index contributed by atoms with van der Waals surface area (Å²) in [6, 6.07) is 13.8. The normalized spacial score (nSPS) is 10.7. The summed E-state index contributed by atoms with van der Waals surface area (Å²) < 4.78 is 16.0. The summed E-state index contributed by atoms with van der Waals surface area (Å²) in [6.07, 6.45) is 1.39. The summed E-state index contributed by atoms with van der Waals surface area (Å²) in [5.74, 6) is -0.406. The Hall–Kier alpha value is -2.97. The van der Waals surface area contributed by atoms with E-state index in [0.717, 1.165) is 0 Å². The molecule has 0 unspecified atom stereocenters. The van der Waals surface area contributed by atoms with Crippen molar-refractivity contribution in [3.8, 4) is 17.2 Å². The van der Waals surface area contributed by atoms with Gasteiger partial charge in [-0.25, -0.2) is 10.2 Å². The maximum atomic E-state index is 12.4. The minimum absolute atomic E-state index is 0.156. The van der Waals surface area contributed by atoms with E-state index in [9.17, 15) is 9.59 Å². The summed E-state index contributed by atoms with van der Waals surface area (Å²) in [5.41, 5.74) is 3.06. The number of carbonyl (C=O) groups is 2. The molecule has 0 heterocycles. The first kappa shape index (κ1) is 25.6.